The molecule has 3 rings (SSSR count). The van der Waals surface area contributed by atoms with Crippen LogP contribution in [0, 0.1) is 11.8 Å². The average Bonchev–Trinajstić information content (AvgIpc) is 3.05. The minimum Gasteiger partial charge on any atom is -0.462 e. The van der Waals surface area contributed by atoms with E-state index in [1.54, 1.807) is 19.3 Å². The van der Waals surface area contributed by atoms with Crippen molar-refractivity contribution in [3.63, 3.8) is 0 Å². The molecule has 0 aromatic carbocycles. The Morgan fingerprint density at radius 1 is 1.45 bits per heavy atom. The van der Waals surface area contributed by atoms with Crippen molar-refractivity contribution in [2.75, 3.05) is 19.7 Å². The maximum absolute atomic E-state index is 12.4. The summed E-state index contributed by atoms with van der Waals surface area (Å²) in [5.74, 6) is 0.707. The zero-order valence-electron chi connectivity index (χ0n) is 13.2. The van der Waals surface area contributed by atoms with Crippen molar-refractivity contribution in [3.8, 4) is 0 Å². The molecule has 1 saturated heterocycles. The number of likely N-dealkylation sites (tertiary alicyclic amines) is 1. The first-order valence-corrected chi connectivity index (χ1v) is 8.10. The van der Waals surface area contributed by atoms with Crippen LogP contribution in [0.15, 0.2) is 12.4 Å². The van der Waals surface area contributed by atoms with E-state index in [4.69, 9.17) is 4.74 Å². The van der Waals surface area contributed by atoms with Crippen LogP contribution in [-0.2, 0) is 9.53 Å². The van der Waals surface area contributed by atoms with Crippen LogP contribution in [0.1, 0.15) is 49.5 Å². The van der Waals surface area contributed by atoms with Gasteiger partial charge in [-0.25, -0.2) is 4.79 Å². The van der Waals surface area contributed by atoms with Gasteiger partial charge in [0.05, 0.1) is 24.4 Å². The summed E-state index contributed by atoms with van der Waals surface area (Å²) < 4.78 is 6.79. The summed E-state index contributed by atoms with van der Waals surface area (Å²) in [7, 11) is 0. The van der Waals surface area contributed by atoms with E-state index in [-0.39, 0.29) is 23.8 Å². The van der Waals surface area contributed by atoms with Gasteiger partial charge >= 0.3 is 5.97 Å². The molecule has 0 N–H and O–H groups in total. The second kappa shape index (κ2) is 6.10. The lowest BCUT2D eigenvalue weighted by Crippen LogP contribution is -2.41. The van der Waals surface area contributed by atoms with Crippen LogP contribution >= 0.6 is 0 Å². The molecule has 2 aliphatic rings. The van der Waals surface area contributed by atoms with Crippen molar-refractivity contribution >= 4 is 11.9 Å². The zero-order chi connectivity index (χ0) is 15.7. The van der Waals surface area contributed by atoms with Gasteiger partial charge in [0.1, 0.15) is 0 Å². The van der Waals surface area contributed by atoms with Gasteiger partial charge in [-0.15, -0.1) is 0 Å². The minimum atomic E-state index is -0.343. The molecular formula is C16H23N3O3. The number of rotatable bonds is 4. The van der Waals surface area contributed by atoms with Crippen molar-refractivity contribution in [3.05, 3.63) is 18.0 Å². The van der Waals surface area contributed by atoms with Gasteiger partial charge in [-0.1, -0.05) is 6.92 Å². The number of nitrogens with zero attached hydrogens (tertiary/aromatic N) is 3. The second-order valence-electron chi connectivity index (χ2n) is 6.33. The van der Waals surface area contributed by atoms with Crippen LogP contribution in [-0.4, -0.2) is 46.3 Å². The van der Waals surface area contributed by atoms with Crippen LogP contribution in [0.25, 0.3) is 0 Å². The number of carbonyl (C=O) groups is 2. The van der Waals surface area contributed by atoms with E-state index in [1.807, 2.05) is 9.58 Å². The Balaban J connectivity index is 1.64. The molecule has 0 spiro atoms. The quantitative estimate of drug-likeness (QED) is 0.797. The molecule has 2 heterocycles. The van der Waals surface area contributed by atoms with Gasteiger partial charge in [-0.05, 0) is 32.1 Å². The molecule has 22 heavy (non-hydrogen) atoms. The van der Waals surface area contributed by atoms with Crippen LogP contribution in [0.2, 0.25) is 0 Å². The van der Waals surface area contributed by atoms with Crippen LogP contribution in [0.5, 0.6) is 0 Å². The van der Waals surface area contributed by atoms with Crippen LogP contribution in [0.4, 0.5) is 0 Å². The summed E-state index contributed by atoms with van der Waals surface area (Å²) in [6.07, 6.45) is 6.26. The van der Waals surface area contributed by atoms with Crippen molar-refractivity contribution < 1.29 is 14.3 Å². The Kier molecular flexibility index (Phi) is 4.18. The number of hydrogen-bond acceptors (Lipinski definition) is 4. The summed E-state index contributed by atoms with van der Waals surface area (Å²) in [6.45, 7) is 5.79. The van der Waals surface area contributed by atoms with Crippen molar-refractivity contribution in [1.29, 1.82) is 0 Å². The van der Waals surface area contributed by atoms with Gasteiger partial charge in [0.15, 0.2) is 0 Å². The molecule has 1 aliphatic carbocycles. The normalized spacial score (nSPS) is 27.5. The number of esters is 1. The van der Waals surface area contributed by atoms with E-state index < -0.39 is 0 Å². The highest BCUT2D eigenvalue weighted by Gasteiger charge is 2.42. The summed E-state index contributed by atoms with van der Waals surface area (Å²) in [6, 6.07) is 0.148. The molecule has 1 saturated carbocycles. The predicted octanol–water partition coefficient (Wildman–Crippen LogP) is 1.88. The highest BCUT2D eigenvalue weighted by molar-refractivity contribution is 5.88. The summed E-state index contributed by atoms with van der Waals surface area (Å²) in [5, 5.41) is 4.29. The molecule has 1 aromatic rings. The number of hydrogen-bond donors (Lipinski definition) is 0. The van der Waals surface area contributed by atoms with E-state index in [2.05, 4.69) is 12.0 Å². The van der Waals surface area contributed by atoms with Gasteiger partial charge in [0.2, 0.25) is 5.91 Å². The number of ether oxygens (including phenoxy) is 1. The van der Waals surface area contributed by atoms with Gasteiger partial charge in [-0.2, -0.15) is 5.10 Å². The fraction of sp³-hybridized carbons (Fsp3) is 0.688. The molecule has 6 heteroatoms. The first-order chi connectivity index (χ1) is 10.6. The van der Waals surface area contributed by atoms with Crippen LogP contribution in [0.3, 0.4) is 0 Å². The number of aromatic nitrogens is 2. The first kappa shape index (κ1) is 15.1. The molecule has 1 aliphatic heterocycles. The van der Waals surface area contributed by atoms with Gasteiger partial charge in [-0.3, -0.25) is 9.48 Å². The third-order valence-electron chi connectivity index (χ3n) is 4.62. The minimum absolute atomic E-state index is 0.148. The standard InChI is InChI=1S/C16H23N3O3/c1-3-22-16(21)12-8-17-19(9-12)13-5-4-6-18(10-13)15(20)14-7-11(14)2/h8-9,11,13-14H,3-7,10H2,1-2H3/t11-,13+,14+/m0/s1. The summed E-state index contributed by atoms with van der Waals surface area (Å²) >= 11 is 0. The lowest BCUT2D eigenvalue weighted by molar-refractivity contribution is -0.134. The third-order valence-corrected chi connectivity index (χ3v) is 4.62. The maximum atomic E-state index is 12.4. The molecule has 2 fully saturated rings. The predicted molar refractivity (Wildman–Crippen MR) is 80.3 cm³/mol. The Labute approximate surface area is 130 Å². The number of amides is 1. The third kappa shape index (κ3) is 3.00. The molecule has 0 unspecified atom stereocenters. The fourth-order valence-corrected chi connectivity index (χ4v) is 3.13. The fourth-order valence-electron chi connectivity index (χ4n) is 3.13. The largest absolute Gasteiger partial charge is 0.462 e. The van der Waals surface area contributed by atoms with E-state index in [9.17, 15) is 9.59 Å². The highest BCUT2D eigenvalue weighted by Crippen LogP contribution is 2.40. The van der Waals surface area contributed by atoms with Crippen molar-refractivity contribution in [2.24, 2.45) is 11.8 Å². The van der Waals surface area contributed by atoms with E-state index in [0.29, 0.717) is 24.6 Å². The molecule has 6 nitrogen and oxygen atoms in total. The van der Waals surface area contributed by atoms with E-state index in [1.165, 1.54) is 0 Å². The van der Waals surface area contributed by atoms with E-state index in [0.717, 1.165) is 25.8 Å². The molecule has 1 amide bonds. The Morgan fingerprint density at radius 3 is 2.91 bits per heavy atom. The molecule has 0 bridgehead atoms. The highest BCUT2D eigenvalue weighted by atomic mass is 16.5. The first-order valence-electron chi connectivity index (χ1n) is 8.10. The maximum Gasteiger partial charge on any atom is 0.341 e. The SMILES string of the molecule is CCOC(=O)c1cnn([C@@H]2CCCN(C(=O)[C@@H]3C[C@@H]3C)C2)c1. The van der Waals surface area contributed by atoms with Gasteiger partial charge in [0, 0.05) is 25.2 Å². The molecule has 120 valence electrons. The zero-order valence-corrected chi connectivity index (χ0v) is 13.2. The Bertz CT molecular complexity index is 569. The monoisotopic (exact) mass is 305 g/mol. The van der Waals surface area contributed by atoms with Crippen molar-refractivity contribution in [2.45, 2.75) is 39.2 Å². The number of piperidine rings is 1. The second-order valence-corrected chi connectivity index (χ2v) is 6.33. The number of carbonyl (C=O) groups excluding carboxylic acids is 2. The lowest BCUT2D eigenvalue weighted by Gasteiger charge is -2.33. The van der Waals surface area contributed by atoms with Gasteiger partial charge < -0.3 is 9.64 Å². The summed E-state index contributed by atoms with van der Waals surface area (Å²) in [4.78, 5) is 26.0. The smallest absolute Gasteiger partial charge is 0.341 e. The topological polar surface area (TPSA) is 64.4 Å². The van der Waals surface area contributed by atoms with E-state index >= 15 is 0 Å². The van der Waals surface area contributed by atoms with Crippen LogP contribution < -0.4 is 0 Å². The Hall–Kier alpha value is -1.85. The Morgan fingerprint density at radius 2 is 2.23 bits per heavy atom. The average molecular weight is 305 g/mol. The summed E-state index contributed by atoms with van der Waals surface area (Å²) in [5.41, 5.74) is 0.473. The molecular weight excluding hydrogens is 282 g/mol. The van der Waals surface area contributed by atoms with Crippen molar-refractivity contribution in [1.82, 2.24) is 14.7 Å². The molecule has 1 aromatic heterocycles. The van der Waals surface area contributed by atoms with Gasteiger partial charge in [0.25, 0.3) is 0 Å². The molecule has 0 radical (unpaired) electrons. The molecule has 3 atom stereocenters. The lowest BCUT2D eigenvalue weighted by atomic mass is 10.1.